The number of rotatable bonds is 7. The normalized spacial score (nSPS) is 33.5. The van der Waals surface area contributed by atoms with Crippen molar-refractivity contribution in [2.75, 3.05) is 13.7 Å². The van der Waals surface area contributed by atoms with Gasteiger partial charge in [0.25, 0.3) is 0 Å². The standard InChI is InChI=1S/C25H27F5N6O4/c1-12-3-4-14(19(27)18(12)26)15-7-35(33-32-15)20-21(38)17(8-37)40-16(22(20)39-2)5-13-6-36(34-31-13)24-9-23(10-24,11-24)25(28,29)30/h3-4,6-7,16-17,20-22,37-38H,5,8-11H2,1-2H3/t16-,17-,20+,21+,22+,23?,24?/m1/s1. The summed E-state index contributed by atoms with van der Waals surface area (Å²) in [5, 5.41) is 37.1. The first-order chi connectivity index (χ1) is 18.9. The molecule has 0 spiro atoms. The van der Waals surface area contributed by atoms with Crippen LogP contribution < -0.4 is 0 Å². The minimum atomic E-state index is -4.24. The molecule has 0 radical (unpaired) electrons. The number of nitrogens with zero attached hydrogens (tertiary/aromatic N) is 6. The molecule has 2 aromatic heterocycles. The Kier molecular flexibility index (Phi) is 6.29. The van der Waals surface area contributed by atoms with Crippen LogP contribution in [0.2, 0.25) is 0 Å². The van der Waals surface area contributed by atoms with Gasteiger partial charge in [-0.1, -0.05) is 16.5 Å². The monoisotopic (exact) mass is 570 g/mol. The Balaban J connectivity index is 1.23. The van der Waals surface area contributed by atoms with E-state index in [1.807, 2.05) is 0 Å². The zero-order valence-corrected chi connectivity index (χ0v) is 21.5. The summed E-state index contributed by atoms with van der Waals surface area (Å²) in [4.78, 5) is 0. The lowest BCUT2D eigenvalue weighted by Crippen LogP contribution is -2.73. The van der Waals surface area contributed by atoms with Gasteiger partial charge in [0, 0.05) is 25.3 Å². The van der Waals surface area contributed by atoms with Crippen LogP contribution in [0.4, 0.5) is 22.0 Å². The van der Waals surface area contributed by atoms with Crippen molar-refractivity contribution in [3.05, 3.63) is 47.4 Å². The van der Waals surface area contributed by atoms with Crippen LogP contribution in [0.25, 0.3) is 11.3 Å². The number of benzene rings is 1. The third kappa shape index (κ3) is 3.96. The molecule has 1 aromatic carbocycles. The van der Waals surface area contributed by atoms with Crippen molar-refractivity contribution in [2.24, 2.45) is 5.41 Å². The highest BCUT2D eigenvalue weighted by molar-refractivity contribution is 5.59. The first-order valence-corrected chi connectivity index (χ1v) is 12.7. The van der Waals surface area contributed by atoms with Gasteiger partial charge in [0.2, 0.25) is 0 Å². The smallest absolute Gasteiger partial charge is 0.394 e. The van der Waals surface area contributed by atoms with Gasteiger partial charge in [-0.25, -0.2) is 18.1 Å². The van der Waals surface area contributed by atoms with Crippen LogP contribution in [0.1, 0.15) is 36.6 Å². The average Bonchev–Trinajstić information content (AvgIpc) is 3.51. The van der Waals surface area contributed by atoms with Crippen molar-refractivity contribution in [2.45, 2.75) is 74.8 Å². The maximum Gasteiger partial charge on any atom is 0.394 e. The van der Waals surface area contributed by atoms with Gasteiger partial charge >= 0.3 is 6.18 Å². The van der Waals surface area contributed by atoms with Crippen LogP contribution in [0.15, 0.2) is 24.5 Å². The summed E-state index contributed by atoms with van der Waals surface area (Å²) in [5.41, 5.74) is -1.84. The number of hydrogen-bond acceptors (Lipinski definition) is 8. The van der Waals surface area contributed by atoms with Gasteiger partial charge in [0.05, 0.1) is 35.6 Å². The van der Waals surface area contributed by atoms with Crippen LogP contribution in [0.3, 0.4) is 0 Å². The lowest BCUT2D eigenvalue weighted by Gasteiger charge is -2.69. The number of hydrogen-bond donors (Lipinski definition) is 2. The number of aromatic nitrogens is 6. The van der Waals surface area contributed by atoms with Gasteiger partial charge in [0.1, 0.15) is 30.0 Å². The molecule has 4 fully saturated rings. The minimum absolute atomic E-state index is 0.0279. The SMILES string of the molecule is CO[C@@H]1[C@@H](n2cc(-c3ccc(C)c(F)c3F)nn2)[C@@H](O)[C@@H](CO)O[C@@H]1Cc1cn(C23CC(C(F)(F)F)(C2)C3)nn1. The Bertz CT molecular complexity index is 1410. The van der Waals surface area contributed by atoms with Crippen LogP contribution in [0, 0.1) is 24.0 Å². The second-order valence-electron chi connectivity index (χ2n) is 11.1. The highest BCUT2D eigenvalue weighted by Crippen LogP contribution is 2.76. The summed E-state index contributed by atoms with van der Waals surface area (Å²) >= 11 is 0. The van der Waals surface area contributed by atoms with Crippen molar-refractivity contribution in [3.63, 3.8) is 0 Å². The molecule has 1 saturated heterocycles. The van der Waals surface area contributed by atoms with E-state index in [-0.39, 0.29) is 42.5 Å². The minimum Gasteiger partial charge on any atom is -0.394 e. The molecule has 5 atom stereocenters. The lowest BCUT2D eigenvalue weighted by molar-refractivity contribution is -0.356. The molecule has 3 aliphatic carbocycles. The number of ether oxygens (including phenoxy) is 2. The number of alkyl halides is 3. The van der Waals surface area contributed by atoms with Gasteiger partial charge in [-0.15, -0.1) is 10.2 Å². The van der Waals surface area contributed by atoms with Crippen molar-refractivity contribution >= 4 is 0 Å². The summed E-state index contributed by atoms with van der Waals surface area (Å²) in [5.74, 6) is -2.09. The summed E-state index contributed by atoms with van der Waals surface area (Å²) in [6.45, 7) is 0.890. The predicted octanol–water partition coefficient (Wildman–Crippen LogP) is 2.48. The van der Waals surface area contributed by atoms with E-state index in [4.69, 9.17) is 9.47 Å². The van der Waals surface area contributed by atoms with Gasteiger partial charge in [-0.2, -0.15) is 13.2 Å². The number of aliphatic hydroxyl groups is 2. The van der Waals surface area contributed by atoms with E-state index in [0.29, 0.717) is 5.69 Å². The Hall–Kier alpha value is -3.01. The van der Waals surface area contributed by atoms with E-state index in [1.54, 1.807) is 6.20 Å². The van der Waals surface area contributed by atoms with Crippen molar-refractivity contribution in [3.8, 4) is 11.3 Å². The van der Waals surface area contributed by atoms with Crippen molar-refractivity contribution < 1.29 is 41.6 Å². The van der Waals surface area contributed by atoms with Gasteiger partial charge in [0.15, 0.2) is 11.6 Å². The predicted molar refractivity (Wildman–Crippen MR) is 126 cm³/mol. The topological polar surface area (TPSA) is 120 Å². The molecular weight excluding hydrogens is 543 g/mol. The zero-order valence-electron chi connectivity index (χ0n) is 21.5. The van der Waals surface area contributed by atoms with E-state index < -0.39 is 65.8 Å². The van der Waals surface area contributed by atoms with Crippen LogP contribution in [0.5, 0.6) is 0 Å². The fourth-order valence-corrected chi connectivity index (χ4v) is 6.43. The molecule has 3 heterocycles. The zero-order chi connectivity index (χ0) is 28.6. The molecule has 15 heteroatoms. The summed E-state index contributed by atoms with van der Waals surface area (Å²) in [6, 6.07) is 1.84. The third-order valence-electron chi connectivity index (χ3n) is 8.64. The third-order valence-corrected chi connectivity index (χ3v) is 8.64. The van der Waals surface area contributed by atoms with Crippen LogP contribution >= 0.6 is 0 Å². The molecule has 3 saturated carbocycles. The molecule has 0 amide bonds. The van der Waals surface area contributed by atoms with Crippen molar-refractivity contribution in [1.29, 1.82) is 0 Å². The van der Waals surface area contributed by atoms with E-state index in [0.717, 1.165) is 0 Å². The first kappa shape index (κ1) is 27.2. The molecule has 216 valence electrons. The number of aliphatic hydroxyl groups excluding tert-OH is 2. The second kappa shape index (κ2) is 9.26. The van der Waals surface area contributed by atoms with E-state index in [1.165, 1.54) is 41.7 Å². The quantitative estimate of drug-likeness (QED) is 0.416. The molecule has 7 rings (SSSR count). The Morgan fingerprint density at radius 2 is 1.80 bits per heavy atom. The molecule has 40 heavy (non-hydrogen) atoms. The Morgan fingerprint density at radius 3 is 2.45 bits per heavy atom. The summed E-state index contributed by atoms with van der Waals surface area (Å²) in [6.07, 6.45) is -5.30. The molecule has 10 nitrogen and oxygen atoms in total. The first-order valence-electron chi connectivity index (χ1n) is 12.7. The number of methoxy groups -OCH3 is 1. The fourth-order valence-electron chi connectivity index (χ4n) is 6.43. The Labute approximate surface area is 224 Å². The molecule has 1 aliphatic heterocycles. The fraction of sp³-hybridized carbons (Fsp3) is 0.600. The van der Waals surface area contributed by atoms with E-state index in [2.05, 4.69) is 20.6 Å². The molecule has 3 aromatic rings. The summed E-state index contributed by atoms with van der Waals surface area (Å²) in [7, 11) is 1.39. The van der Waals surface area contributed by atoms with Crippen LogP contribution in [-0.2, 0) is 21.4 Å². The largest absolute Gasteiger partial charge is 0.394 e. The molecular formula is C25H27F5N6O4. The number of aryl methyl sites for hydroxylation is 1. The van der Waals surface area contributed by atoms with E-state index >= 15 is 0 Å². The maximum absolute atomic E-state index is 14.6. The molecule has 2 N–H and O–H groups in total. The van der Waals surface area contributed by atoms with Gasteiger partial charge in [-0.3, -0.25) is 0 Å². The van der Waals surface area contributed by atoms with Crippen LogP contribution in [-0.4, -0.2) is 84.5 Å². The van der Waals surface area contributed by atoms with Crippen molar-refractivity contribution in [1.82, 2.24) is 30.0 Å². The highest BCUT2D eigenvalue weighted by atomic mass is 19.4. The summed E-state index contributed by atoms with van der Waals surface area (Å²) < 4.78 is 82.9. The van der Waals surface area contributed by atoms with E-state index in [9.17, 15) is 32.2 Å². The van der Waals surface area contributed by atoms with Gasteiger partial charge < -0.3 is 19.7 Å². The molecule has 2 bridgehead atoms. The number of halogens is 5. The lowest BCUT2D eigenvalue weighted by atomic mass is 9.39. The highest BCUT2D eigenvalue weighted by Gasteiger charge is 2.79. The van der Waals surface area contributed by atoms with Gasteiger partial charge in [-0.05, 0) is 37.8 Å². The second-order valence-corrected chi connectivity index (χ2v) is 11.1. The molecule has 0 unspecified atom stereocenters. The Morgan fingerprint density at radius 1 is 1.07 bits per heavy atom. The average molecular weight is 571 g/mol. The molecule has 4 aliphatic rings. The maximum atomic E-state index is 14.6.